The summed E-state index contributed by atoms with van der Waals surface area (Å²) in [6.07, 6.45) is 6.53. The van der Waals surface area contributed by atoms with Crippen molar-refractivity contribution in [2.24, 2.45) is 0 Å². The van der Waals surface area contributed by atoms with Crippen molar-refractivity contribution >= 4 is 23.3 Å². The molecule has 0 bridgehead atoms. The first kappa shape index (κ1) is 14.9. The molecule has 0 radical (unpaired) electrons. The molecule has 1 amide bonds. The molecule has 18 heavy (non-hydrogen) atoms. The molecule has 1 heterocycles. The van der Waals surface area contributed by atoms with Crippen LogP contribution in [0.2, 0.25) is 0 Å². The van der Waals surface area contributed by atoms with Crippen LogP contribution in [0.1, 0.15) is 31.1 Å². The maximum atomic E-state index is 11.4. The summed E-state index contributed by atoms with van der Waals surface area (Å²) < 4.78 is 5.41. The van der Waals surface area contributed by atoms with Crippen LogP contribution in [0.5, 0.6) is 0 Å². The normalized spacial score (nSPS) is 10.9. The Morgan fingerprint density at radius 2 is 2.28 bits per heavy atom. The van der Waals surface area contributed by atoms with Gasteiger partial charge in [-0.25, -0.2) is 0 Å². The van der Waals surface area contributed by atoms with Gasteiger partial charge in [-0.15, -0.1) is 11.3 Å². The largest absolute Gasteiger partial charge is 0.381 e. The van der Waals surface area contributed by atoms with Crippen LogP contribution in [0.15, 0.2) is 23.6 Å². The Morgan fingerprint density at radius 1 is 1.44 bits per heavy atom. The van der Waals surface area contributed by atoms with E-state index in [4.69, 9.17) is 4.74 Å². The maximum Gasteiger partial charge on any atom is 0.244 e. The average molecular weight is 267 g/mol. The van der Waals surface area contributed by atoms with Crippen LogP contribution >= 0.6 is 11.3 Å². The first-order valence-electron chi connectivity index (χ1n) is 6.40. The summed E-state index contributed by atoms with van der Waals surface area (Å²) in [6, 6.07) is 3.95. The summed E-state index contributed by atoms with van der Waals surface area (Å²) in [5.74, 6) is -0.0445. The Hall–Kier alpha value is -1.13. The molecule has 0 saturated heterocycles. The number of rotatable bonds is 9. The van der Waals surface area contributed by atoms with Gasteiger partial charge in [-0.05, 0) is 30.4 Å². The summed E-state index contributed by atoms with van der Waals surface area (Å²) in [4.78, 5) is 12.5. The van der Waals surface area contributed by atoms with E-state index in [1.165, 1.54) is 0 Å². The Balaban J connectivity index is 2.00. The third kappa shape index (κ3) is 7.25. The lowest BCUT2D eigenvalue weighted by Crippen LogP contribution is -2.23. The van der Waals surface area contributed by atoms with Gasteiger partial charge in [0.25, 0.3) is 0 Å². The molecule has 0 unspecified atom stereocenters. The van der Waals surface area contributed by atoms with Crippen LogP contribution < -0.4 is 5.32 Å². The molecule has 0 aliphatic rings. The van der Waals surface area contributed by atoms with E-state index in [1.54, 1.807) is 17.4 Å². The van der Waals surface area contributed by atoms with E-state index in [1.807, 2.05) is 23.6 Å². The number of thiophene rings is 1. The second-order valence-corrected chi connectivity index (χ2v) is 4.94. The highest BCUT2D eigenvalue weighted by molar-refractivity contribution is 7.10. The van der Waals surface area contributed by atoms with Crippen LogP contribution in [0.3, 0.4) is 0 Å². The number of carbonyl (C=O) groups excluding carboxylic acids is 1. The number of ether oxygens (including phenoxy) is 1. The van der Waals surface area contributed by atoms with Crippen molar-refractivity contribution < 1.29 is 9.53 Å². The zero-order valence-corrected chi connectivity index (χ0v) is 11.7. The molecule has 0 spiro atoms. The third-order valence-corrected chi connectivity index (χ3v) is 3.19. The fourth-order valence-corrected chi connectivity index (χ4v) is 1.96. The molecule has 0 aromatic carbocycles. The number of hydrogen-bond donors (Lipinski definition) is 1. The minimum Gasteiger partial charge on any atom is -0.381 e. The maximum absolute atomic E-state index is 11.4. The monoisotopic (exact) mass is 267 g/mol. The second-order valence-electron chi connectivity index (χ2n) is 3.96. The zero-order chi connectivity index (χ0) is 13.1. The van der Waals surface area contributed by atoms with E-state index in [0.29, 0.717) is 6.54 Å². The molecule has 0 aliphatic heterocycles. The number of nitrogens with one attached hydrogen (secondary N) is 1. The van der Waals surface area contributed by atoms with Gasteiger partial charge in [0.05, 0.1) is 0 Å². The number of hydrogen-bond acceptors (Lipinski definition) is 3. The standard InChI is InChI=1S/C14H21NO2S/c1-2-3-10-17-11-5-9-15-14(16)8-7-13-6-4-12-18-13/h4,6-8,12H,2-3,5,9-11H2,1H3,(H,15,16)/b8-7+. The van der Waals surface area contributed by atoms with Crippen molar-refractivity contribution in [3.63, 3.8) is 0 Å². The Labute approximate surface area is 113 Å². The Kier molecular flexibility index (Phi) is 8.17. The van der Waals surface area contributed by atoms with Crippen LogP contribution in [-0.4, -0.2) is 25.7 Å². The highest BCUT2D eigenvalue weighted by Gasteiger charge is 1.95. The van der Waals surface area contributed by atoms with Crippen molar-refractivity contribution in [3.05, 3.63) is 28.5 Å². The van der Waals surface area contributed by atoms with Gasteiger partial charge in [-0.2, -0.15) is 0 Å². The van der Waals surface area contributed by atoms with Crippen LogP contribution in [0, 0.1) is 0 Å². The lowest BCUT2D eigenvalue weighted by atomic mass is 10.3. The van der Waals surface area contributed by atoms with E-state index >= 15 is 0 Å². The van der Waals surface area contributed by atoms with E-state index < -0.39 is 0 Å². The third-order valence-electron chi connectivity index (χ3n) is 2.35. The molecule has 1 aromatic heterocycles. The summed E-state index contributed by atoms with van der Waals surface area (Å²) in [5.41, 5.74) is 0. The van der Waals surface area contributed by atoms with Gasteiger partial charge in [-0.1, -0.05) is 19.4 Å². The summed E-state index contributed by atoms with van der Waals surface area (Å²) >= 11 is 1.62. The molecule has 100 valence electrons. The Bertz CT molecular complexity index is 347. The lowest BCUT2D eigenvalue weighted by molar-refractivity contribution is -0.116. The molecule has 1 N–H and O–H groups in total. The number of amides is 1. The molecule has 0 aliphatic carbocycles. The molecule has 1 aromatic rings. The minimum absolute atomic E-state index is 0.0445. The van der Waals surface area contributed by atoms with Crippen LogP contribution in [0.25, 0.3) is 6.08 Å². The van der Waals surface area contributed by atoms with Gasteiger partial charge in [0.1, 0.15) is 0 Å². The predicted octanol–water partition coefficient (Wildman–Crippen LogP) is 3.08. The minimum atomic E-state index is -0.0445. The summed E-state index contributed by atoms with van der Waals surface area (Å²) in [5, 5.41) is 4.83. The molecule has 0 atom stereocenters. The van der Waals surface area contributed by atoms with Gasteiger partial charge >= 0.3 is 0 Å². The number of unbranched alkanes of at least 4 members (excludes halogenated alkanes) is 1. The van der Waals surface area contributed by atoms with Gasteiger partial charge in [0.15, 0.2) is 0 Å². The predicted molar refractivity (Wildman–Crippen MR) is 76.7 cm³/mol. The molecule has 0 fully saturated rings. The Morgan fingerprint density at radius 3 is 3.00 bits per heavy atom. The highest BCUT2D eigenvalue weighted by Crippen LogP contribution is 2.09. The number of carbonyl (C=O) groups is 1. The quantitative estimate of drug-likeness (QED) is 0.551. The summed E-state index contributed by atoms with van der Waals surface area (Å²) in [7, 11) is 0. The van der Waals surface area contributed by atoms with Gasteiger partial charge < -0.3 is 10.1 Å². The van der Waals surface area contributed by atoms with Crippen LogP contribution in [-0.2, 0) is 9.53 Å². The first-order valence-corrected chi connectivity index (χ1v) is 7.28. The van der Waals surface area contributed by atoms with Gasteiger partial charge in [0, 0.05) is 30.7 Å². The van der Waals surface area contributed by atoms with E-state index in [9.17, 15) is 4.79 Å². The second kappa shape index (κ2) is 9.85. The van der Waals surface area contributed by atoms with Crippen molar-refractivity contribution in [2.75, 3.05) is 19.8 Å². The fourth-order valence-electron chi connectivity index (χ4n) is 1.34. The van der Waals surface area contributed by atoms with Gasteiger partial charge in [-0.3, -0.25) is 4.79 Å². The SMILES string of the molecule is CCCCOCCCNC(=O)/C=C/c1cccs1. The molecule has 3 nitrogen and oxygen atoms in total. The highest BCUT2D eigenvalue weighted by atomic mass is 32.1. The smallest absolute Gasteiger partial charge is 0.244 e. The molecular formula is C14H21NO2S. The van der Waals surface area contributed by atoms with Crippen molar-refractivity contribution in [1.29, 1.82) is 0 Å². The van der Waals surface area contributed by atoms with E-state index in [2.05, 4.69) is 12.2 Å². The fraction of sp³-hybridized carbons (Fsp3) is 0.500. The topological polar surface area (TPSA) is 38.3 Å². The van der Waals surface area contributed by atoms with E-state index in [0.717, 1.165) is 37.4 Å². The zero-order valence-electron chi connectivity index (χ0n) is 10.9. The molecule has 4 heteroatoms. The molecular weight excluding hydrogens is 246 g/mol. The average Bonchev–Trinajstić information content (AvgIpc) is 2.88. The van der Waals surface area contributed by atoms with Crippen molar-refractivity contribution in [1.82, 2.24) is 5.32 Å². The summed E-state index contributed by atoms with van der Waals surface area (Å²) in [6.45, 7) is 4.35. The first-order chi connectivity index (χ1) is 8.83. The van der Waals surface area contributed by atoms with Crippen molar-refractivity contribution in [3.8, 4) is 0 Å². The van der Waals surface area contributed by atoms with Crippen LogP contribution in [0.4, 0.5) is 0 Å². The van der Waals surface area contributed by atoms with Crippen molar-refractivity contribution in [2.45, 2.75) is 26.2 Å². The lowest BCUT2D eigenvalue weighted by Gasteiger charge is -2.03. The molecule has 1 rings (SSSR count). The molecule has 0 saturated carbocycles. The van der Waals surface area contributed by atoms with E-state index in [-0.39, 0.29) is 5.91 Å². The van der Waals surface area contributed by atoms with Gasteiger partial charge in [0.2, 0.25) is 5.91 Å².